The maximum atomic E-state index is 13.8. The summed E-state index contributed by atoms with van der Waals surface area (Å²) in [6, 6.07) is 11.8. The van der Waals surface area contributed by atoms with Crippen molar-refractivity contribution in [3.63, 3.8) is 0 Å². The Morgan fingerprint density at radius 2 is 1.53 bits per heavy atom. The first-order chi connectivity index (χ1) is 16.3. The van der Waals surface area contributed by atoms with E-state index in [0.29, 0.717) is 24.9 Å². The van der Waals surface area contributed by atoms with Crippen LogP contribution in [0.3, 0.4) is 0 Å². The minimum absolute atomic E-state index is 0.0164. The van der Waals surface area contributed by atoms with E-state index in [0.717, 1.165) is 50.9 Å². The molecular weight excluding hydrogens is 464 g/mol. The van der Waals surface area contributed by atoms with Crippen LogP contribution in [0.2, 0.25) is 0 Å². The zero-order valence-electron chi connectivity index (χ0n) is 18.8. The van der Waals surface area contributed by atoms with Crippen LogP contribution in [0.15, 0.2) is 53.4 Å². The number of carbonyl (C=O) groups is 1. The molecule has 0 aromatic heterocycles. The lowest BCUT2D eigenvalue weighted by atomic mass is 9.98. The lowest BCUT2D eigenvalue weighted by Crippen LogP contribution is -2.51. The largest absolute Gasteiger partial charge is 0.487 e. The molecule has 4 rings (SSSR count). The molecule has 1 amide bonds. The van der Waals surface area contributed by atoms with Gasteiger partial charge in [-0.05, 0) is 49.9 Å². The van der Waals surface area contributed by atoms with E-state index >= 15 is 0 Å². The molecule has 2 heterocycles. The smallest absolute Gasteiger partial charge is 0.243 e. The molecular formula is C24H29F2N3O4S. The van der Waals surface area contributed by atoms with Crippen LogP contribution in [0.5, 0.6) is 5.75 Å². The van der Waals surface area contributed by atoms with Gasteiger partial charge in [0.1, 0.15) is 16.8 Å². The van der Waals surface area contributed by atoms with Crippen molar-refractivity contribution in [3.8, 4) is 5.75 Å². The number of piperidine rings is 2. The highest BCUT2D eigenvalue weighted by Crippen LogP contribution is 2.25. The molecule has 2 aromatic rings. The average molecular weight is 494 g/mol. The molecule has 0 spiro atoms. The number of hydrogen-bond acceptors (Lipinski definition) is 5. The molecule has 0 bridgehead atoms. The number of halogens is 2. The first kappa shape index (κ1) is 24.6. The molecule has 2 fully saturated rings. The maximum absolute atomic E-state index is 13.8. The molecule has 2 aromatic carbocycles. The van der Waals surface area contributed by atoms with E-state index in [9.17, 15) is 22.0 Å². The van der Waals surface area contributed by atoms with Gasteiger partial charge in [-0.1, -0.05) is 24.3 Å². The summed E-state index contributed by atoms with van der Waals surface area (Å²) in [5.41, 5.74) is 0. The number of rotatable bonds is 7. The lowest BCUT2D eigenvalue weighted by molar-refractivity contribution is -0.131. The van der Waals surface area contributed by atoms with Gasteiger partial charge in [0.15, 0.2) is 11.6 Å². The van der Waals surface area contributed by atoms with Gasteiger partial charge in [0.2, 0.25) is 15.9 Å². The number of nitrogens with one attached hydrogen (secondary N) is 1. The van der Waals surface area contributed by atoms with Crippen LogP contribution in [-0.4, -0.2) is 69.0 Å². The lowest BCUT2D eigenvalue weighted by Gasteiger charge is -2.41. The molecule has 184 valence electrons. The van der Waals surface area contributed by atoms with Gasteiger partial charge < -0.3 is 9.64 Å². The Labute approximate surface area is 198 Å². The Morgan fingerprint density at radius 1 is 0.912 bits per heavy atom. The number of carbonyl (C=O) groups excluding carboxylic acids is 1. The fourth-order valence-electron chi connectivity index (χ4n) is 4.57. The van der Waals surface area contributed by atoms with Crippen molar-refractivity contribution in [1.82, 2.24) is 14.5 Å². The predicted octanol–water partition coefficient (Wildman–Crippen LogP) is 2.78. The highest BCUT2D eigenvalue weighted by Gasteiger charge is 2.31. The van der Waals surface area contributed by atoms with Crippen LogP contribution in [0.4, 0.5) is 8.78 Å². The molecule has 7 nitrogen and oxygen atoms in total. The Kier molecular flexibility index (Phi) is 7.80. The van der Waals surface area contributed by atoms with E-state index in [1.165, 1.54) is 18.2 Å². The topological polar surface area (TPSA) is 79.0 Å². The summed E-state index contributed by atoms with van der Waals surface area (Å²) < 4.78 is 60.2. The molecule has 0 unspecified atom stereocenters. The second-order valence-corrected chi connectivity index (χ2v) is 10.4. The zero-order valence-corrected chi connectivity index (χ0v) is 19.6. The average Bonchev–Trinajstić information content (AvgIpc) is 2.85. The molecule has 1 N–H and O–H groups in total. The van der Waals surface area contributed by atoms with Crippen molar-refractivity contribution in [1.29, 1.82) is 0 Å². The van der Waals surface area contributed by atoms with Crippen molar-refractivity contribution in [2.45, 2.75) is 42.7 Å². The van der Waals surface area contributed by atoms with E-state index in [1.807, 2.05) is 0 Å². The number of ether oxygens (including phenoxy) is 1. The first-order valence-electron chi connectivity index (χ1n) is 11.5. The molecule has 0 radical (unpaired) electrons. The van der Waals surface area contributed by atoms with Gasteiger partial charge in [0.25, 0.3) is 0 Å². The van der Waals surface area contributed by atoms with Gasteiger partial charge >= 0.3 is 0 Å². The summed E-state index contributed by atoms with van der Waals surface area (Å²) in [4.78, 5) is 16.1. The third-order valence-corrected chi connectivity index (χ3v) is 7.91. The Balaban J connectivity index is 1.20. The Bertz CT molecular complexity index is 1100. The van der Waals surface area contributed by atoms with Gasteiger partial charge in [0.05, 0.1) is 6.54 Å². The van der Waals surface area contributed by atoms with E-state index < -0.39 is 27.3 Å². The summed E-state index contributed by atoms with van der Waals surface area (Å²) in [5, 5.41) is 0. The van der Waals surface area contributed by atoms with Gasteiger partial charge in [-0.25, -0.2) is 21.9 Å². The minimum Gasteiger partial charge on any atom is -0.487 e. The molecule has 10 heteroatoms. The number of likely N-dealkylation sites (tertiary alicyclic amines) is 2. The normalized spacial score (nSPS) is 18.7. The van der Waals surface area contributed by atoms with Crippen molar-refractivity contribution in [3.05, 3.63) is 60.2 Å². The van der Waals surface area contributed by atoms with Gasteiger partial charge in [-0.2, -0.15) is 0 Å². The minimum atomic E-state index is -4.10. The van der Waals surface area contributed by atoms with Crippen LogP contribution < -0.4 is 9.46 Å². The quantitative estimate of drug-likeness (QED) is 0.642. The van der Waals surface area contributed by atoms with Gasteiger partial charge in [-0.15, -0.1) is 0 Å². The van der Waals surface area contributed by atoms with Crippen molar-refractivity contribution >= 4 is 15.9 Å². The monoisotopic (exact) mass is 493 g/mol. The van der Waals surface area contributed by atoms with Crippen LogP contribution in [0, 0.1) is 11.6 Å². The third kappa shape index (κ3) is 5.92. The zero-order chi connectivity index (χ0) is 24.1. The number of amides is 1. The van der Waals surface area contributed by atoms with Gasteiger partial charge in [-0.3, -0.25) is 9.69 Å². The number of para-hydroxylation sites is 1. The highest BCUT2D eigenvalue weighted by atomic mass is 32.2. The van der Waals surface area contributed by atoms with Crippen molar-refractivity contribution in [2.75, 3.05) is 32.7 Å². The molecule has 0 aliphatic carbocycles. The maximum Gasteiger partial charge on any atom is 0.243 e. The second kappa shape index (κ2) is 10.8. The number of hydrogen-bond donors (Lipinski definition) is 1. The van der Waals surface area contributed by atoms with E-state index in [1.54, 1.807) is 23.1 Å². The molecule has 0 saturated carbocycles. The standard InChI is InChI=1S/C24H29F2N3O4S/c25-20-5-1-3-7-22(20)33-19-11-15-28(16-12-19)18-9-13-29(14-10-18)24(30)17-27-34(31,32)23-8-4-2-6-21(23)26/h1-8,18-19,27H,9-17H2. The van der Waals surface area contributed by atoms with E-state index in [4.69, 9.17) is 4.74 Å². The summed E-state index contributed by atoms with van der Waals surface area (Å²) >= 11 is 0. The summed E-state index contributed by atoms with van der Waals surface area (Å²) in [5.74, 6) is -1.24. The molecule has 2 saturated heterocycles. The second-order valence-electron chi connectivity index (χ2n) is 8.65. The van der Waals surface area contributed by atoms with Crippen LogP contribution in [0.1, 0.15) is 25.7 Å². The highest BCUT2D eigenvalue weighted by molar-refractivity contribution is 7.89. The number of nitrogens with zero attached hydrogens (tertiary/aromatic N) is 2. The Hall–Kier alpha value is -2.56. The summed E-state index contributed by atoms with van der Waals surface area (Å²) in [6.07, 6.45) is 3.20. The third-order valence-electron chi connectivity index (χ3n) is 6.48. The summed E-state index contributed by atoms with van der Waals surface area (Å²) in [6.45, 7) is 2.37. The van der Waals surface area contributed by atoms with E-state index in [-0.39, 0.29) is 17.8 Å². The fraction of sp³-hybridized carbons (Fsp3) is 0.458. The number of benzene rings is 2. The predicted molar refractivity (Wildman–Crippen MR) is 123 cm³/mol. The van der Waals surface area contributed by atoms with Crippen LogP contribution >= 0.6 is 0 Å². The van der Waals surface area contributed by atoms with Crippen molar-refractivity contribution in [2.24, 2.45) is 0 Å². The Morgan fingerprint density at radius 3 is 2.18 bits per heavy atom. The molecule has 0 atom stereocenters. The van der Waals surface area contributed by atoms with Crippen LogP contribution in [-0.2, 0) is 14.8 Å². The molecule has 2 aliphatic rings. The first-order valence-corrected chi connectivity index (χ1v) is 13.0. The fourth-order valence-corrected chi connectivity index (χ4v) is 5.62. The van der Waals surface area contributed by atoms with E-state index in [2.05, 4.69) is 9.62 Å². The van der Waals surface area contributed by atoms with Gasteiger partial charge in [0, 0.05) is 32.2 Å². The SMILES string of the molecule is O=C(CNS(=O)(=O)c1ccccc1F)N1CCC(N2CCC(Oc3ccccc3F)CC2)CC1. The molecule has 34 heavy (non-hydrogen) atoms. The summed E-state index contributed by atoms with van der Waals surface area (Å²) in [7, 11) is -4.10. The molecule has 2 aliphatic heterocycles. The van der Waals surface area contributed by atoms with Crippen molar-refractivity contribution < 1.29 is 26.7 Å². The number of sulfonamides is 1. The van der Waals surface area contributed by atoms with Crippen LogP contribution in [0.25, 0.3) is 0 Å².